The van der Waals surface area contributed by atoms with E-state index in [2.05, 4.69) is 9.84 Å². The van der Waals surface area contributed by atoms with Gasteiger partial charge in [0.1, 0.15) is 5.82 Å². The third kappa shape index (κ3) is 4.37. The molecule has 9 heteroatoms. The predicted molar refractivity (Wildman–Crippen MR) is 103 cm³/mol. The minimum atomic E-state index is -2.89. The summed E-state index contributed by atoms with van der Waals surface area (Å²) in [4.78, 5) is 11.5. The van der Waals surface area contributed by atoms with Gasteiger partial charge in [-0.05, 0) is 30.2 Å². The highest BCUT2D eigenvalue weighted by Gasteiger charge is 2.15. The highest BCUT2D eigenvalue weighted by Crippen LogP contribution is 2.17. The minimum Gasteiger partial charge on any atom is -0.465 e. The van der Waals surface area contributed by atoms with E-state index in [-0.39, 0.29) is 24.2 Å². The van der Waals surface area contributed by atoms with Crippen LogP contribution >= 0.6 is 0 Å². The molecule has 0 amide bonds. The van der Waals surface area contributed by atoms with Crippen molar-refractivity contribution in [1.82, 2.24) is 14.1 Å². The summed E-state index contributed by atoms with van der Waals surface area (Å²) in [7, 11) is 0.157. The van der Waals surface area contributed by atoms with Crippen LogP contribution in [0.15, 0.2) is 42.6 Å². The first kappa shape index (κ1) is 20.0. The van der Waals surface area contributed by atoms with E-state index in [1.165, 1.54) is 23.5 Å². The number of aryl methyl sites for hydroxylation is 1. The number of nitrogens with zero attached hydrogens (tertiary/aromatic N) is 3. The molecule has 0 fully saturated rings. The number of hydrogen-bond acceptors (Lipinski definition) is 5. The summed E-state index contributed by atoms with van der Waals surface area (Å²) in [6.07, 6.45) is 2.24. The average Bonchev–Trinajstić information content (AvgIpc) is 3.05. The lowest BCUT2D eigenvalue weighted by atomic mass is 10.1. The number of carbonyl (C=O) groups is 1. The highest BCUT2D eigenvalue weighted by molar-refractivity contribution is 7.69. The summed E-state index contributed by atoms with van der Waals surface area (Å²) in [6, 6.07) is 9.68. The van der Waals surface area contributed by atoms with E-state index in [4.69, 9.17) is 0 Å². The second-order valence-electron chi connectivity index (χ2n) is 6.34. The molecule has 3 rings (SSSR count). The fraction of sp³-hybridized carbons (Fsp3) is 0.263. The molecule has 0 atom stereocenters. The molecule has 0 N–H and O–H groups in total. The third-order valence-corrected chi connectivity index (χ3v) is 5.33. The number of carbonyl (C=O) groups excluding carboxylic acids is 1. The Kier molecular flexibility index (Phi) is 6.05. The van der Waals surface area contributed by atoms with Crippen molar-refractivity contribution < 1.29 is 22.3 Å². The van der Waals surface area contributed by atoms with Gasteiger partial charge in [0.2, 0.25) is 10.9 Å². The Hall–Kier alpha value is -2.78. The number of aromatic nitrogens is 2. The van der Waals surface area contributed by atoms with Crippen LogP contribution in [0.3, 0.4) is 0 Å². The lowest BCUT2D eigenvalue weighted by molar-refractivity contribution is 0.0600. The molecular formula is C19H20FN3O4S. The standard InChI is InChI=1S/C19H20FN3O4S/c1-22-18-9-13(3-4-15(18)11-21-22)7-8-23(28(25)26)12-16-6-5-14(10-17(16)20)19(24)27-2/h3-6,9-11,28H,7-8,12H2,1-2H3. The number of hydrogen-bond donors (Lipinski definition) is 1. The maximum absolute atomic E-state index is 14.3. The zero-order chi connectivity index (χ0) is 20.3. The molecule has 2 aromatic carbocycles. The first-order valence-electron chi connectivity index (χ1n) is 8.55. The lowest BCUT2D eigenvalue weighted by Crippen LogP contribution is -2.24. The maximum atomic E-state index is 14.3. The van der Waals surface area contributed by atoms with Crippen molar-refractivity contribution in [3.05, 3.63) is 65.1 Å². The van der Waals surface area contributed by atoms with E-state index in [1.54, 1.807) is 10.9 Å². The van der Waals surface area contributed by atoms with E-state index < -0.39 is 22.7 Å². The zero-order valence-electron chi connectivity index (χ0n) is 15.5. The first-order valence-corrected chi connectivity index (χ1v) is 9.68. The Balaban J connectivity index is 1.73. The summed E-state index contributed by atoms with van der Waals surface area (Å²) < 4.78 is 45.0. The highest BCUT2D eigenvalue weighted by atomic mass is 32.2. The maximum Gasteiger partial charge on any atom is 0.337 e. The molecule has 0 radical (unpaired) electrons. The van der Waals surface area contributed by atoms with Crippen molar-refractivity contribution in [3.63, 3.8) is 0 Å². The fourth-order valence-corrected chi connectivity index (χ4v) is 3.47. The quantitative estimate of drug-likeness (QED) is 0.481. The summed E-state index contributed by atoms with van der Waals surface area (Å²) in [5.41, 5.74) is 2.18. The largest absolute Gasteiger partial charge is 0.465 e. The van der Waals surface area contributed by atoms with Crippen LogP contribution < -0.4 is 0 Å². The number of ether oxygens (including phenoxy) is 1. The van der Waals surface area contributed by atoms with Crippen LogP contribution in [0.5, 0.6) is 0 Å². The van der Waals surface area contributed by atoms with Crippen LogP contribution in [0.25, 0.3) is 10.9 Å². The summed E-state index contributed by atoms with van der Waals surface area (Å²) in [5.74, 6) is -1.30. The Morgan fingerprint density at radius 3 is 2.71 bits per heavy atom. The molecule has 0 unspecified atom stereocenters. The Bertz CT molecular complexity index is 1090. The molecule has 0 bridgehead atoms. The van der Waals surface area contributed by atoms with Crippen LogP contribution in [0.1, 0.15) is 21.5 Å². The second-order valence-corrected chi connectivity index (χ2v) is 7.38. The molecule has 0 spiro atoms. The number of fused-ring (bicyclic) bond motifs is 1. The number of benzene rings is 2. The van der Waals surface area contributed by atoms with Crippen molar-refractivity contribution in [1.29, 1.82) is 0 Å². The Morgan fingerprint density at radius 1 is 1.25 bits per heavy atom. The molecule has 148 valence electrons. The number of thiol groups is 1. The van der Waals surface area contributed by atoms with Crippen molar-refractivity contribution in [2.45, 2.75) is 13.0 Å². The zero-order valence-corrected chi connectivity index (χ0v) is 16.4. The van der Waals surface area contributed by atoms with E-state index in [0.717, 1.165) is 22.5 Å². The van der Waals surface area contributed by atoms with Gasteiger partial charge in [-0.1, -0.05) is 18.2 Å². The summed E-state index contributed by atoms with van der Waals surface area (Å²) in [5, 5.41) is 5.19. The van der Waals surface area contributed by atoms with E-state index in [1.807, 2.05) is 25.2 Å². The normalized spacial score (nSPS) is 11.5. The van der Waals surface area contributed by atoms with Crippen molar-refractivity contribution in [2.75, 3.05) is 13.7 Å². The molecule has 1 aromatic heterocycles. The molecular weight excluding hydrogens is 385 g/mol. The smallest absolute Gasteiger partial charge is 0.337 e. The molecule has 0 aliphatic heterocycles. The van der Waals surface area contributed by atoms with E-state index in [9.17, 15) is 17.6 Å². The molecule has 3 aromatic rings. The van der Waals surface area contributed by atoms with Crippen LogP contribution in [0.4, 0.5) is 4.39 Å². The first-order chi connectivity index (χ1) is 13.4. The predicted octanol–water partition coefficient (Wildman–Crippen LogP) is 2.07. The van der Waals surface area contributed by atoms with Crippen LogP contribution in [0.2, 0.25) is 0 Å². The average molecular weight is 405 g/mol. The Labute approximate surface area is 163 Å². The van der Waals surface area contributed by atoms with Crippen molar-refractivity contribution in [2.24, 2.45) is 7.05 Å². The van der Waals surface area contributed by atoms with Gasteiger partial charge in [0.05, 0.1) is 24.4 Å². The summed E-state index contributed by atoms with van der Waals surface area (Å²) in [6.45, 7) is 0.0974. The molecule has 1 heterocycles. The topological polar surface area (TPSA) is 81.5 Å². The molecule has 0 saturated heterocycles. The van der Waals surface area contributed by atoms with Gasteiger partial charge in [-0.3, -0.25) is 4.68 Å². The molecule has 0 aliphatic rings. The van der Waals surface area contributed by atoms with Gasteiger partial charge < -0.3 is 4.74 Å². The van der Waals surface area contributed by atoms with Gasteiger partial charge in [-0.15, -0.1) is 0 Å². The fourth-order valence-electron chi connectivity index (χ4n) is 2.94. The minimum absolute atomic E-state index is 0.0753. The van der Waals surface area contributed by atoms with E-state index in [0.29, 0.717) is 6.42 Å². The van der Waals surface area contributed by atoms with Gasteiger partial charge in [-0.25, -0.2) is 17.6 Å². The van der Waals surface area contributed by atoms with E-state index >= 15 is 0 Å². The number of esters is 1. The van der Waals surface area contributed by atoms with Crippen molar-refractivity contribution >= 4 is 27.8 Å². The van der Waals surface area contributed by atoms with Gasteiger partial charge in [-0.2, -0.15) is 9.40 Å². The van der Waals surface area contributed by atoms with Gasteiger partial charge in [0, 0.05) is 31.1 Å². The lowest BCUT2D eigenvalue weighted by Gasteiger charge is -2.16. The number of methoxy groups -OCH3 is 1. The summed E-state index contributed by atoms with van der Waals surface area (Å²) >= 11 is 0. The monoisotopic (exact) mass is 405 g/mol. The molecule has 28 heavy (non-hydrogen) atoms. The van der Waals surface area contributed by atoms with Crippen LogP contribution in [-0.2, 0) is 35.6 Å². The van der Waals surface area contributed by atoms with Crippen molar-refractivity contribution in [3.8, 4) is 0 Å². The number of halogens is 1. The third-order valence-electron chi connectivity index (χ3n) is 4.53. The molecule has 0 saturated carbocycles. The van der Waals surface area contributed by atoms with Crippen LogP contribution in [-0.4, -0.2) is 42.1 Å². The molecule has 7 nitrogen and oxygen atoms in total. The second kappa shape index (κ2) is 8.49. The van der Waals surface area contributed by atoms with Gasteiger partial charge >= 0.3 is 5.97 Å². The van der Waals surface area contributed by atoms with Gasteiger partial charge in [0.25, 0.3) is 0 Å². The Morgan fingerprint density at radius 2 is 2.04 bits per heavy atom. The van der Waals surface area contributed by atoms with Gasteiger partial charge in [0.15, 0.2) is 0 Å². The van der Waals surface area contributed by atoms with Crippen LogP contribution in [0, 0.1) is 5.82 Å². The SMILES string of the molecule is COC(=O)c1ccc(CN(CCc2ccc3cnn(C)c3c2)[SH](=O)=O)c(F)c1. The number of rotatable bonds is 7. The molecule has 0 aliphatic carbocycles.